The predicted octanol–water partition coefficient (Wildman–Crippen LogP) is 3.73. The van der Waals surface area contributed by atoms with E-state index in [1.807, 2.05) is 0 Å². The smallest absolute Gasteiger partial charge is 0.0993 e. The van der Waals surface area contributed by atoms with Gasteiger partial charge in [0, 0.05) is 13.2 Å². The van der Waals surface area contributed by atoms with Crippen LogP contribution in [0.5, 0.6) is 0 Å². The Labute approximate surface area is 141 Å². The van der Waals surface area contributed by atoms with Crippen LogP contribution in [0.4, 0.5) is 0 Å². The van der Waals surface area contributed by atoms with Crippen LogP contribution < -0.4 is 10.6 Å². The molecule has 0 N–H and O–H groups in total. The maximum Gasteiger partial charge on any atom is 0.0993 e. The summed E-state index contributed by atoms with van der Waals surface area (Å²) in [5, 5.41) is 2.90. The molecule has 2 nitrogen and oxygen atoms in total. The molecule has 23 heavy (non-hydrogen) atoms. The topological polar surface area (TPSA) is 18.5 Å². The van der Waals surface area contributed by atoms with Crippen molar-refractivity contribution in [2.45, 2.75) is 13.8 Å². The summed E-state index contributed by atoms with van der Waals surface area (Å²) in [6.45, 7) is 7.28. The van der Waals surface area contributed by atoms with Crippen LogP contribution in [-0.4, -0.2) is 38.8 Å². The average molecular weight is 331 g/mol. The van der Waals surface area contributed by atoms with Crippen LogP contribution in [0.15, 0.2) is 60.7 Å². The highest BCUT2D eigenvalue weighted by Crippen LogP contribution is 2.55. The molecule has 0 unspecified atom stereocenters. The first-order chi connectivity index (χ1) is 11.3. The molecule has 3 heteroatoms. The molecule has 0 aliphatic rings. The molecule has 0 amide bonds. The second-order valence-corrected chi connectivity index (χ2v) is 9.34. The summed E-state index contributed by atoms with van der Waals surface area (Å²) in [6, 6.07) is 21.9. The minimum atomic E-state index is -1.51. The molecule has 2 aromatic rings. The van der Waals surface area contributed by atoms with Gasteiger partial charge in [-0.15, -0.1) is 0 Å². The highest BCUT2D eigenvalue weighted by molar-refractivity contribution is 7.89. The van der Waals surface area contributed by atoms with Crippen molar-refractivity contribution in [2.24, 2.45) is 0 Å². The molecule has 0 aliphatic carbocycles. The van der Waals surface area contributed by atoms with Crippen molar-refractivity contribution in [1.29, 1.82) is 0 Å². The second-order valence-electron chi connectivity index (χ2n) is 5.48. The zero-order valence-electron chi connectivity index (χ0n) is 14.3. The lowest BCUT2D eigenvalue weighted by Gasteiger charge is -2.27. The van der Waals surface area contributed by atoms with Gasteiger partial charge in [0.25, 0.3) is 0 Å². The first-order valence-electron chi connectivity index (χ1n) is 8.47. The van der Waals surface area contributed by atoms with Crippen LogP contribution in [0.2, 0.25) is 0 Å². The quantitative estimate of drug-likeness (QED) is 0.488. The average Bonchev–Trinajstić information content (AvgIpc) is 2.62. The van der Waals surface area contributed by atoms with Gasteiger partial charge in [-0.3, -0.25) is 0 Å². The Morgan fingerprint density at radius 2 is 1.04 bits per heavy atom. The largest absolute Gasteiger partial charge is 0.378 e. The van der Waals surface area contributed by atoms with Gasteiger partial charge in [0.1, 0.15) is 0 Å². The van der Waals surface area contributed by atoms with E-state index in [1.54, 1.807) is 0 Å². The monoisotopic (exact) mass is 331 g/mol. The summed E-state index contributed by atoms with van der Waals surface area (Å²) >= 11 is 0. The molecule has 0 aromatic heterocycles. The molecule has 2 rings (SSSR count). The fraction of sp³-hybridized carbons (Fsp3) is 0.400. The number of hydrogen-bond acceptors (Lipinski definition) is 2. The number of rotatable bonds is 10. The molecule has 0 saturated heterocycles. The minimum Gasteiger partial charge on any atom is -0.378 e. The predicted molar refractivity (Wildman–Crippen MR) is 102 cm³/mol. The number of hydrogen-bond donors (Lipinski definition) is 0. The van der Waals surface area contributed by atoms with Crippen molar-refractivity contribution in [3.8, 4) is 0 Å². The summed E-state index contributed by atoms with van der Waals surface area (Å²) in [5.41, 5.74) is 0. The Hall–Kier alpha value is -1.21. The molecule has 0 bridgehead atoms. The van der Waals surface area contributed by atoms with Gasteiger partial charge >= 0.3 is 0 Å². The van der Waals surface area contributed by atoms with E-state index in [0.717, 1.165) is 38.8 Å². The van der Waals surface area contributed by atoms with Gasteiger partial charge in [0.05, 0.1) is 43.4 Å². The van der Waals surface area contributed by atoms with Crippen LogP contribution in [-0.2, 0) is 9.47 Å². The van der Waals surface area contributed by atoms with Crippen molar-refractivity contribution in [3.63, 3.8) is 0 Å². The first kappa shape index (κ1) is 18.1. The van der Waals surface area contributed by atoms with E-state index >= 15 is 0 Å². The van der Waals surface area contributed by atoms with E-state index in [1.165, 1.54) is 10.6 Å². The van der Waals surface area contributed by atoms with Crippen molar-refractivity contribution < 1.29 is 9.47 Å². The second kappa shape index (κ2) is 9.82. The third-order valence-corrected chi connectivity index (χ3v) is 8.61. The molecule has 0 aliphatic heterocycles. The van der Waals surface area contributed by atoms with Gasteiger partial charge < -0.3 is 9.47 Å². The van der Waals surface area contributed by atoms with Gasteiger partial charge in [-0.25, -0.2) is 0 Å². The maximum absolute atomic E-state index is 5.73. The van der Waals surface area contributed by atoms with E-state index in [-0.39, 0.29) is 0 Å². The Morgan fingerprint density at radius 1 is 0.652 bits per heavy atom. The summed E-state index contributed by atoms with van der Waals surface area (Å²) in [7, 11) is -1.51. The third-order valence-electron chi connectivity index (χ3n) is 4.14. The molecule has 0 fully saturated rings. The molecule has 2 aromatic carbocycles. The van der Waals surface area contributed by atoms with Gasteiger partial charge in [-0.1, -0.05) is 36.4 Å². The summed E-state index contributed by atoms with van der Waals surface area (Å²) in [5.74, 6) is 0. The Bertz CT molecular complexity index is 491. The van der Waals surface area contributed by atoms with Crippen molar-refractivity contribution in [2.75, 3.05) is 38.8 Å². The fourth-order valence-electron chi connectivity index (χ4n) is 2.93. The number of benzene rings is 2. The maximum atomic E-state index is 5.73. The molecular weight excluding hydrogens is 303 g/mol. The summed E-state index contributed by atoms with van der Waals surface area (Å²) < 4.78 is 11.5. The Morgan fingerprint density at radius 3 is 1.39 bits per heavy atom. The number of ether oxygens (including phenoxy) is 2. The van der Waals surface area contributed by atoms with E-state index in [9.17, 15) is 0 Å². The normalized spacial score (nSPS) is 11.6. The SMILES string of the molecule is CCOCC[P+](CCOCC)(c1ccccc1)c1ccccc1. The Kier molecular flexibility index (Phi) is 7.74. The van der Waals surface area contributed by atoms with Crippen LogP contribution in [0.25, 0.3) is 0 Å². The molecule has 0 heterocycles. The van der Waals surface area contributed by atoms with E-state index < -0.39 is 7.26 Å². The van der Waals surface area contributed by atoms with Crippen LogP contribution in [0, 0.1) is 0 Å². The minimum absolute atomic E-state index is 0.773. The van der Waals surface area contributed by atoms with E-state index in [2.05, 4.69) is 74.5 Å². The van der Waals surface area contributed by atoms with Crippen molar-refractivity contribution in [3.05, 3.63) is 60.7 Å². The zero-order chi connectivity index (χ0) is 16.4. The van der Waals surface area contributed by atoms with Gasteiger partial charge in [-0.05, 0) is 38.1 Å². The lowest BCUT2D eigenvalue weighted by atomic mass is 10.4. The standard InChI is InChI=1S/C20H28O2P/c1-3-21-15-17-23(18-16-22-4-2,19-11-7-5-8-12-19)20-13-9-6-10-14-20/h5-14H,3-4,15-18H2,1-2H3/q+1. The van der Waals surface area contributed by atoms with E-state index in [4.69, 9.17) is 9.47 Å². The van der Waals surface area contributed by atoms with Crippen LogP contribution in [0.1, 0.15) is 13.8 Å². The van der Waals surface area contributed by atoms with Gasteiger partial charge in [-0.2, -0.15) is 0 Å². The highest BCUT2D eigenvalue weighted by atomic mass is 31.2. The lowest BCUT2D eigenvalue weighted by molar-refractivity contribution is 0.160. The zero-order valence-corrected chi connectivity index (χ0v) is 15.2. The van der Waals surface area contributed by atoms with Crippen LogP contribution in [0.3, 0.4) is 0 Å². The lowest BCUT2D eigenvalue weighted by Crippen LogP contribution is -2.30. The van der Waals surface area contributed by atoms with Crippen molar-refractivity contribution in [1.82, 2.24) is 0 Å². The van der Waals surface area contributed by atoms with Crippen LogP contribution >= 0.6 is 7.26 Å². The molecule has 0 atom stereocenters. The molecule has 0 radical (unpaired) electrons. The summed E-state index contributed by atoms with van der Waals surface area (Å²) in [4.78, 5) is 0. The summed E-state index contributed by atoms with van der Waals surface area (Å²) in [6.07, 6.45) is 2.14. The van der Waals surface area contributed by atoms with Gasteiger partial charge in [0.15, 0.2) is 0 Å². The molecule has 0 saturated carbocycles. The first-order valence-corrected chi connectivity index (χ1v) is 10.6. The third kappa shape index (κ3) is 4.88. The Balaban J connectivity index is 2.39. The van der Waals surface area contributed by atoms with Gasteiger partial charge in [0.2, 0.25) is 0 Å². The molecular formula is C20H28O2P+. The molecule has 124 valence electrons. The molecule has 0 spiro atoms. The highest BCUT2D eigenvalue weighted by Gasteiger charge is 2.41. The fourth-order valence-corrected chi connectivity index (χ4v) is 6.86. The van der Waals surface area contributed by atoms with E-state index in [0.29, 0.717) is 0 Å². The van der Waals surface area contributed by atoms with Crippen molar-refractivity contribution >= 4 is 17.9 Å².